The van der Waals surface area contributed by atoms with E-state index in [2.05, 4.69) is 0 Å². The summed E-state index contributed by atoms with van der Waals surface area (Å²) in [5.41, 5.74) is 7.03. The van der Waals surface area contributed by atoms with Crippen molar-refractivity contribution < 1.29 is 10.0 Å². The molecule has 5 nitrogen and oxygen atoms in total. The van der Waals surface area contributed by atoms with Gasteiger partial charge in [0.25, 0.3) is 5.91 Å². The zero-order valence-electron chi connectivity index (χ0n) is 7.32. The molecule has 0 saturated heterocycles. The average molecular weight is 191 g/mol. The molecule has 0 atom stereocenters. The minimum absolute atomic E-state index is 0.0448. The van der Waals surface area contributed by atoms with Crippen LogP contribution in [-0.4, -0.2) is 22.0 Å². The molecule has 0 aromatic heterocycles. The van der Waals surface area contributed by atoms with E-state index in [0.29, 0.717) is 21.8 Å². The molecule has 0 unspecified atom stereocenters. The number of nitrogens with one attached hydrogen (secondary N) is 1. The molecule has 0 spiro atoms. The molecule has 0 radical (unpaired) electrons. The topological polar surface area (TPSA) is 90.4 Å². The van der Waals surface area contributed by atoms with Crippen LogP contribution in [0.25, 0.3) is 0 Å². The Kier molecular flexibility index (Phi) is 1.75. The number of carbonyl (C=O) groups is 1. The van der Waals surface area contributed by atoms with Gasteiger partial charge in [0.1, 0.15) is 5.84 Å². The maximum absolute atomic E-state index is 11.3. The average Bonchev–Trinajstić information content (AvgIpc) is 2.42. The lowest BCUT2D eigenvalue weighted by Crippen LogP contribution is -2.18. The van der Waals surface area contributed by atoms with Crippen molar-refractivity contribution in [2.24, 2.45) is 5.73 Å². The molecule has 1 amide bonds. The first-order chi connectivity index (χ1) is 6.59. The van der Waals surface area contributed by atoms with Crippen molar-refractivity contribution in [1.82, 2.24) is 5.06 Å². The summed E-state index contributed by atoms with van der Waals surface area (Å²) in [5.74, 6) is -0.452. The molecule has 0 bridgehead atoms. The summed E-state index contributed by atoms with van der Waals surface area (Å²) < 4.78 is 0. The maximum atomic E-state index is 11.3. The zero-order chi connectivity index (χ0) is 10.3. The van der Waals surface area contributed by atoms with E-state index in [9.17, 15) is 4.79 Å². The lowest BCUT2D eigenvalue weighted by atomic mass is 10.1. The molecule has 1 aliphatic heterocycles. The minimum atomic E-state index is -0.407. The number of amides is 1. The Balaban J connectivity index is 2.49. The van der Waals surface area contributed by atoms with Crippen LogP contribution in [0.1, 0.15) is 21.5 Å². The van der Waals surface area contributed by atoms with Gasteiger partial charge in [-0.3, -0.25) is 15.4 Å². The van der Waals surface area contributed by atoms with Crippen LogP contribution >= 0.6 is 0 Å². The van der Waals surface area contributed by atoms with Gasteiger partial charge in [0.05, 0.1) is 6.54 Å². The minimum Gasteiger partial charge on any atom is -0.384 e. The van der Waals surface area contributed by atoms with Gasteiger partial charge in [0.2, 0.25) is 0 Å². The summed E-state index contributed by atoms with van der Waals surface area (Å²) in [5, 5.41) is 17.0. The Labute approximate surface area is 80.2 Å². The summed E-state index contributed by atoms with van der Waals surface area (Å²) in [6.07, 6.45) is 0. The van der Waals surface area contributed by atoms with Gasteiger partial charge < -0.3 is 5.73 Å². The van der Waals surface area contributed by atoms with Gasteiger partial charge in [-0.25, -0.2) is 5.06 Å². The second kappa shape index (κ2) is 2.81. The van der Waals surface area contributed by atoms with Crippen LogP contribution in [0.2, 0.25) is 0 Å². The quantitative estimate of drug-likeness (QED) is 0.339. The number of nitrogens with zero attached hydrogens (tertiary/aromatic N) is 1. The highest BCUT2D eigenvalue weighted by molar-refractivity contribution is 6.00. The summed E-state index contributed by atoms with van der Waals surface area (Å²) in [7, 11) is 0. The standard InChI is InChI=1S/C9H9N3O2/c10-8(11)5-1-2-7-6(3-5)4-12(14)9(7)13/h1-3,14H,4H2,(H3,10,11). The molecule has 0 saturated carbocycles. The number of hydrogen-bond acceptors (Lipinski definition) is 3. The van der Waals surface area contributed by atoms with E-state index >= 15 is 0 Å². The van der Waals surface area contributed by atoms with Gasteiger partial charge in [-0.1, -0.05) is 6.07 Å². The number of nitrogens with two attached hydrogens (primary N) is 1. The van der Waals surface area contributed by atoms with Crippen LogP contribution in [0.5, 0.6) is 0 Å². The number of nitrogen functional groups attached to an aromatic ring is 1. The Hall–Kier alpha value is -1.88. The molecule has 4 N–H and O–H groups in total. The third kappa shape index (κ3) is 1.14. The molecule has 0 fully saturated rings. The molecular weight excluding hydrogens is 182 g/mol. The summed E-state index contributed by atoms with van der Waals surface area (Å²) in [6.45, 7) is 0.162. The predicted molar refractivity (Wildman–Crippen MR) is 49.1 cm³/mol. The van der Waals surface area contributed by atoms with Gasteiger partial charge in [0.15, 0.2) is 0 Å². The van der Waals surface area contributed by atoms with Crippen LogP contribution < -0.4 is 5.73 Å². The first kappa shape index (κ1) is 8.71. The van der Waals surface area contributed by atoms with Crippen molar-refractivity contribution in [3.8, 4) is 0 Å². The van der Waals surface area contributed by atoms with Crippen LogP contribution in [0.15, 0.2) is 18.2 Å². The fourth-order valence-electron chi connectivity index (χ4n) is 1.47. The number of fused-ring (bicyclic) bond motifs is 1. The molecule has 1 heterocycles. The third-order valence-corrected chi connectivity index (χ3v) is 2.20. The second-order valence-corrected chi connectivity index (χ2v) is 3.15. The second-order valence-electron chi connectivity index (χ2n) is 3.15. The van der Waals surface area contributed by atoms with Gasteiger partial charge in [-0.2, -0.15) is 0 Å². The summed E-state index contributed by atoms with van der Waals surface area (Å²) in [6, 6.07) is 4.81. The molecule has 5 heteroatoms. The van der Waals surface area contributed by atoms with Crippen LogP contribution in [-0.2, 0) is 6.54 Å². The van der Waals surface area contributed by atoms with Crippen LogP contribution in [0.3, 0.4) is 0 Å². The van der Waals surface area contributed by atoms with E-state index < -0.39 is 5.91 Å². The first-order valence-electron chi connectivity index (χ1n) is 4.07. The molecule has 1 aromatic rings. The molecule has 0 aliphatic carbocycles. The number of benzene rings is 1. The van der Waals surface area contributed by atoms with Crippen molar-refractivity contribution in [2.45, 2.75) is 6.54 Å². The van der Waals surface area contributed by atoms with Crippen molar-refractivity contribution in [3.05, 3.63) is 34.9 Å². The van der Waals surface area contributed by atoms with Crippen LogP contribution in [0.4, 0.5) is 0 Å². The monoisotopic (exact) mass is 191 g/mol. The maximum Gasteiger partial charge on any atom is 0.277 e. The Morgan fingerprint density at radius 2 is 2.29 bits per heavy atom. The lowest BCUT2D eigenvalue weighted by molar-refractivity contribution is -0.0579. The van der Waals surface area contributed by atoms with E-state index in [4.69, 9.17) is 16.4 Å². The Morgan fingerprint density at radius 1 is 1.57 bits per heavy atom. The van der Waals surface area contributed by atoms with Gasteiger partial charge in [-0.15, -0.1) is 0 Å². The zero-order valence-corrected chi connectivity index (χ0v) is 7.32. The van der Waals surface area contributed by atoms with Gasteiger partial charge in [0, 0.05) is 11.1 Å². The van der Waals surface area contributed by atoms with E-state index in [1.54, 1.807) is 18.2 Å². The Bertz CT molecular complexity index is 428. The van der Waals surface area contributed by atoms with E-state index in [1.165, 1.54) is 0 Å². The molecule has 1 aliphatic rings. The van der Waals surface area contributed by atoms with Crippen molar-refractivity contribution >= 4 is 11.7 Å². The first-order valence-corrected chi connectivity index (χ1v) is 4.07. The van der Waals surface area contributed by atoms with Crippen molar-refractivity contribution in [3.63, 3.8) is 0 Å². The lowest BCUT2D eigenvalue weighted by Gasteiger charge is -2.01. The van der Waals surface area contributed by atoms with Crippen molar-refractivity contribution in [1.29, 1.82) is 5.41 Å². The van der Waals surface area contributed by atoms with Crippen LogP contribution in [0, 0.1) is 5.41 Å². The Morgan fingerprint density at radius 3 is 2.93 bits per heavy atom. The number of hydroxylamine groups is 2. The highest BCUT2D eigenvalue weighted by atomic mass is 16.5. The highest BCUT2D eigenvalue weighted by Crippen LogP contribution is 2.21. The normalized spacial score (nSPS) is 14.4. The summed E-state index contributed by atoms with van der Waals surface area (Å²) >= 11 is 0. The number of rotatable bonds is 1. The largest absolute Gasteiger partial charge is 0.384 e. The number of carbonyl (C=O) groups excluding carboxylic acids is 1. The van der Waals surface area contributed by atoms with E-state index in [1.807, 2.05) is 0 Å². The van der Waals surface area contributed by atoms with Gasteiger partial charge in [-0.05, 0) is 17.7 Å². The highest BCUT2D eigenvalue weighted by Gasteiger charge is 2.26. The SMILES string of the molecule is N=C(N)c1ccc2c(c1)CN(O)C2=O. The number of hydrogen-bond donors (Lipinski definition) is 3. The number of amidine groups is 1. The van der Waals surface area contributed by atoms with E-state index in [-0.39, 0.29) is 12.4 Å². The van der Waals surface area contributed by atoms with E-state index in [0.717, 1.165) is 0 Å². The third-order valence-electron chi connectivity index (χ3n) is 2.20. The van der Waals surface area contributed by atoms with Crippen molar-refractivity contribution in [2.75, 3.05) is 0 Å². The predicted octanol–water partition coefficient (Wildman–Crippen LogP) is 0.316. The molecule has 2 rings (SSSR count). The smallest absolute Gasteiger partial charge is 0.277 e. The molecular formula is C9H9N3O2. The molecule has 72 valence electrons. The molecule has 1 aromatic carbocycles. The fraction of sp³-hybridized carbons (Fsp3) is 0.111. The summed E-state index contributed by atoms with van der Waals surface area (Å²) in [4.78, 5) is 11.3. The molecule has 14 heavy (non-hydrogen) atoms. The van der Waals surface area contributed by atoms with Gasteiger partial charge >= 0.3 is 0 Å². The fourth-order valence-corrected chi connectivity index (χ4v) is 1.47.